The molecule has 0 heterocycles. The number of hydrogen-bond acceptors (Lipinski definition) is 1. The van der Waals surface area contributed by atoms with Crippen molar-refractivity contribution in [1.29, 1.82) is 0 Å². The summed E-state index contributed by atoms with van der Waals surface area (Å²) >= 11 is 9.49. The van der Waals surface area contributed by atoms with Crippen molar-refractivity contribution in [3.8, 4) is 0 Å². The first-order chi connectivity index (χ1) is 10.1. The van der Waals surface area contributed by atoms with Crippen molar-refractivity contribution >= 4 is 38.3 Å². The molecule has 21 heavy (non-hydrogen) atoms. The van der Waals surface area contributed by atoms with Gasteiger partial charge in [-0.05, 0) is 40.6 Å². The highest BCUT2D eigenvalue weighted by molar-refractivity contribution is 9.10. The summed E-state index contributed by atoms with van der Waals surface area (Å²) in [4.78, 5) is 0. The van der Waals surface area contributed by atoms with Crippen LogP contribution in [0.5, 0.6) is 0 Å². The number of fused-ring (bicyclic) bond motifs is 1. The molecule has 0 amide bonds. The Morgan fingerprint density at radius 1 is 0.952 bits per heavy atom. The Balaban J connectivity index is 2.20. The zero-order chi connectivity index (χ0) is 15.0. The van der Waals surface area contributed by atoms with Crippen LogP contribution in [0.4, 0.5) is 4.39 Å². The third-order valence-electron chi connectivity index (χ3n) is 3.53. The molecular weight excluding hydrogens is 353 g/mol. The molecule has 0 fully saturated rings. The van der Waals surface area contributed by atoms with E-state index in [4.69, 9.17) is 17.3 Å². The van der Waals surface area contributed by atoms with Crippen molar-refractivity contribution in [2.24, 2.45) is 5.73 Å². The molecule has 1 nitrogen and oxygen atoms in total. The van der Waals surface area contributed by atoms with Gasteiger partial charge in [0.05, 0.1) is 6.04 Å². The largest absolute Gasteiger partial charge is 0.320 e. The summed E-state index contributed by atoms with van der Waals surface area (Å²) in [5, 5.41) is 2.52. The molecule has 3 aromatic rings. The second-order valence-electron chi connectivity index (χ2n) is 4.83. The van der Waals surface area contributed by atoms with Gasteiger partial charge in [-0.1, -0.05) is 57.9 Å². The number of halogens is 3. The van der Waals surface area contributed by atoms with E-state index in [1.165, 1.54) is 12.1 Å². The molecule has 0 saturated heterocycles. The summed E-state index contributed by atoms with van der Waals surface area (Å²) in [6, 6.07) is 15.6. The monoisotopic (exact) mass is 363 g/mol. The van der Waals surface area contributed by atoms with Gasteiger partial charge in [0.25, 0.3) is 0 Å². The minimum atomic E-state index is -0.568. The van der Waals surface area contributed by atoms with Crippen LogP contribution in [0.15, 0.2) is 59.1 Å². The van der Waals surface area contributed by atoms with Gasteiger partial charge in [0.2, 0.25) is 0 Å². The quantitative estimate of drug-likeness (QED) is 0.643. The van der Waals surface area contributed by atoms with Crippen LogP contribution in [0.2, 0.25) is 5.02 Å². The van der Waals surface area contributed by atoms with Crippen LogP contribution in [0.3, 0.4) is 0 Å². The van der Waals surface area contributed by atoms with Gasteiger partial charge in [0.1, 0.15) is 5.82 Å². The van der Waals surface area contributed by atoms with Crippen LogP contribution < -0.4 is 5.73 Å². The van der Waals surface area contributed by atoms with Gasteiger partial charge < -0.3 is 5.73 Å². The van der Waals surface area contributed by atoms with E-state index in [1.807, 2.05) is 36.4 Å². The molecule has 1 unspecified atom stereocenters. The van der Waals surface area contributed by atoms with Crippen molar-refractivity contribution in [2.45, 2.75) is 6.04 Å². The van der Waals surface area contributed by atoms with Crippen LogP contribution in [-0.4, -0.2) is 0 Å². The fourth-order valence-electron chi connectivity index (χ4n) is 2.48. The van der Waals surface area contributed by atoms with Crippen LogP contribution in [0.1, 0.15) is 17.2 Å². The Labute approximate surface area is 135 Å². The summed E-state index contributed by atoms with van der Waals surface area (Å²) in [6.45, 7) is 0. The van der Waals surface area contributed by atoms with Gasteiger partial charge in [-0.3, -0.25) is 0 Å². The predicted molar refractivity (Wildman–Crippen MR) is 89.1 cm³/mol. The third kappa shape index (κ3) is 2.69. The third-order valence-corrected chi connectivity index (χ3v) is 4.46. The highest BCUT2D eigenvalue weighted by Crippen LogP contribution is 2.33. The molecule has 0 spiro atoms. The lowest BCUT2D eigenvalue weighted by molar-refractivity contribution is 0.600. The lowest BCUT2D eigenvalue weighted by Crippen LogP contribution is -2.14. The minimum Gasteiger partial charge on any atom is -0.320 e. The fourth-order valence-corrected chi connectivity index (χ4v) is 3.14. The number of nitrogens with two attached hydrogens (primary N) is 1. The second kappa shape index (κ2) is 5.76. The van der Waals surface area contributed by atoms with Crippen LogP contribution in [0, 0.1) is 5.82 Å². The van der Waals surface area contributed by atoms with Crippen molar-refractivity contribution in [3.63, 3.8) is 0 Å². The summed E-state index contributed by atoms with van der Waals surface area (Å²) in [7, 11) is 0. The molecule has 2 N–H and O–H groups in total. The number of hydrogen-bond donors (Lipinski definition) is 1. The molecule has 3 aromatic carbocycles. The molecule has 0 saturated carbocycles. The SMILES string of the molecule is NC(c1cc(Cl)ccc1F)c1ccc(Br)c2ccccc12. The smallest absolute Gasteiger partial charge is 0.128 e. The van der Waals surface area contributed by atoms with Crippen molar-refractivity contribution < 1.29 is 4.39 Å². The molecule has 0 aliphatic heterocycles. The summed E-state index contributed by atoms with van der Waals surface area (Å²) in [5.41, 5.74) is 7.56. The zero-order valence-electron chi connectivity index (χ0n) is 11.0. The van der Waals surface area contributed by atoms with E-state index in [0.717, 1.165) is 20.8 Å². The normalized spacial score (nSPS) is 12.6. The van der Waals surface area contributed by atoms with Gasteiger partial charge in [-0.25, -0.2) is 4.39 Å². The first-order valence-corrected chi connectivity index (χ1v) is 7.62. The Morgan fingerprint density at radius 2 is 1.67 bits per heavy atom. The molecule has 3 rings (SSSR count). The Bertz CT molecular complexity index is 819. The fraction of sp³-hybridized carbons (Fsp3) is 0.0588. The van der Waals surface area contributed by atoms with Crippen LogP contribution in [0.25, 0.3) is 10.8 Å². The summed E-state index contributed by atoms with van der Waals surface area (Å²) < 4.78 is 15.0. The topological polar surface area (TPSA) is 26.0 Å². The van der Waals surface area contributed by atoms with Crippen molar-refractivity contribution in [1.82, 2.24) is 0 Å². The highest BCUT2D eigenvalue weighted by atomic mass is 79.9. The Morgan fingerprint density at radius 3 is 2.43 bits per heavy atom. The lowest BCUT2D eigenvalue weighted by Gasteiger charge is -2.17. The van der Waals surface area contributed by atoms with E-state index in [9.17, 15) is 4.39 Å². The molecule has 4 heteroatoms. The summed E-state index contributed by atoms with van der Waals surface area (Å²) in [5.74, 6) is -0.348. The zero-order valence-corrected chi connectivity index (χ0v) is 13.3. The van der Waals surface area contributed by atoms with E-state index < -0.39 is 6.04 Å². The molecule has 106 valence electrons. The van der Waals surface area contributed by atoms with E-state index in [-0.39, 0.29) is 5.82 Å². The summed E-state index contributed by atoms with van der Waals surface area (Å²) in [6.07, 6.45) is 0. The van der Waals surface area contributed by atoms with Crippen molar-refractivity contribution in [3.05, 3.63) is 81.0 Å². The maximum absolute atomic E-state index is 14.0. The van der Waals surface area contributed by atoms with E-state index in [2.05, 4.69) is 15.9 Å². The van der Waals surface area contributed by atoms with E-state index >= 15 is 0 Å². The van der Waals surface area contributed by atoms with Gasteiger partial charge >= 0.3 is 0 Å². The van der Waals surface area contributed by atoms with Crippen molar-refractivity contribution in [2.75, 3.05) is 0 Å². The van der Waals surface area contributed by atoms with Crippen LogP contribution >= 0.6 is 27.5 Å². The molecular formula is C17H12BrClFN. The Hall–Kier alpha value is -1.42. The maximum Gasteiger partial charge on any atom is 0.128 e. The minimum absolute atomic E-state index is 0.348. The molecule has 1 atom stereocenters. The predicted octanol–water partition coefficient (Wildman–Crippen LogP) is 5.44. The average molecular weight is 365 g/mol. The molecule has 0 radical (unpaired) electrons. The van der Waals surface area contributed by atoms with Gasteiger partial charge in [-0.2, -0.15) is 0 Å². The molecule has 0 bridgehead atoms. The molecule has 0 aromatic heterocycles. The van der Waals surface area contributed by atoms with Crippen LogP contribution in [-0.2, 0) is 0 Å². The highest BCUT2D eigenvalue weighted by Gasteiger charge is 2.17. The molecule has 0 aliphatic carbocycles. The number of benzene rings is 3. The van der Waals surface area contributed by atoms with Gasteiger partial charge in [0, 0.05) is 15.1 Å². The van der Waals surface area contributed by atoms with E-state index in [0.29, 0.717) is 10.6 Å². The number of rotatable bonds is 2. The molecule has 0 aliphatic rings. The maximum atomic E-state index is 14.0. The van der Waals surface area contributed by atoms with E-state index in [1.54, 1.807) is 6.07 Å². The lowest BCUT2D eigenvalue weighted by atomic mass is 9.94. The second-order valence-corrected chi connectivity index (χ2v) is 6.12. The average Bonchev–Trinajstić information content (AvgIpc) is 2.50. The first-order valence-electron chi connectivity index (χ1n) is 6.45. The standard InChI is InChI=1S/C17H12BrClFN/c18-15-7-6-13(11-3-1-2-4-12(11)15)17(21)14-9-10(19)5-8-16(14)20/h1-9,17H,21H2. The Kier molecular flexibility index (Phi) is 3.98. The van der Waals surface area contributed by atoms with Gasteiger partial charge in [-0.15, -0.1) is 0 Å². The first kappa shape index (κ1) is 14.5. The van der Waals surface area contributed by atoms with Gasteiger partial charge in [0.15, 0.2) is 0 Å².